The van der Waals surface area contributed by atoms with Gasteiger partial charge in [0.25, 0.3) is 5.78 Å². The lowest BCUT2D eigenvalue weighted by atomic mass is 10.2. The van der Waals surface area contributed by atoms with Gasteiger partial charge in [-0.15, -0.1) is 10.2 Å². The summed E-state index contributed by atoms with van der Waals surface area (Å²) >= 11 is 3.43. The second-order valence-electron chi connectivity index (χ2n) is 6.55. The van der Waals surface area contributed by atoms with E-state index in [4.69, 9.17) is 4.98 Å². The van der Waals surface area contributed by atoms with Crippen LogP contribution in [0, 0.1) is 5.82 Å². The van der Waals surface area contributed by atoms with Crippen molar-refractivity contribution in [2.75, 3.05) is 11.9 Å². The van der Waals surface area contributed by atoms with Gasteiger partial charge in [0.1, 0.15) is 17.5 Å². The molecular weight excluding hydrogens is 397 g/mol. The molecule has 0 spiro atoms. The van der Waals surface area contributed by atoms with Gasteiger partial charge in [0.15, 0.2) is 0 Å². The fourth-order valence-electron chi connectivity index (χ4n) is 3.30. The topological polar surface area (TPSA) is 46.3 Å². The molecule has 4 aromatic rings. The lowest BCUT2D eigenvalue weighted by molar-refractivity contribution is 0.623. The molecule has 7 heteroatoms. The van der Waals surface area contributed by atoms with Crippen molar-refractivity contribution < 1.29 is 4.39 Å². The van der Waals surface area contributed by atoms with Crippen LogP contribution in [-0.4, -0.2) is 26.6 Å². The molecule has 0 amide bonds. The van der Waals surface area contributed by atoms with E-state index < -0.39 is 0 Å². The molecule has 0 atom stereocenters. The summed E-state index contributed by atoms with van der Waals surface area (Å²) in [5.74, 6) is 2.18. The second-order valence-corrected chi connectivity index (χ2v) is 7.35. The van der Waals surface area contributed by atoms with Crippen molar-refractivity contribution in [1.29, 1.82) is 0 Å². The van der Waals surface area contributed by atoms with Crippen LogP contribution < -0.4 is 4.90 Å². The summed E-state index contributed by atoms with van der Waals surface area (Å²) in [5.41, 5.74) is 1.82. The zero-order valence-electron chi connectivity index (χ0n) is 14.0. The maximum absolute atomic E-state index is 14.4. The van der Waals surface area contributed by atoms with Crippen LogP contribution >= 0.6 is 15.9 Å². The lowest BCUT2D eigenvalue weighted by Crippen LogP contribution is -2.13. The van der Waals surface area contributed by atoms with Gasteiger partial charge in [0, 0.05) is 18.7 Å². The molecule has 0 N–H and O–H groups in total. The monoisotopic (exact) mass is 411 g/mol. The summed E-state index contributed by atoms with van der Waals surface area (Å²) in [4.78, 5) is 6.67. The van der Waals surface area contributed by atoms with E-state index in [-0.39, 0.29) is 5.82 Å². The van der Waals surface area contributed by atoms with Gasteiger partial charge < -0.3 is 4.90 Å². The van der Waals surface area contributed by atoms with Crippen LogP contribution in [0.3, 0.4) is 0 Å². The summed E-state index contributed by atoms with van der Waals surface area (Å²) in [5, 5.41) is 9.35. The molecule has 5 nitrogen and oxygen atoms in total. The normalized spacial score (nSPS) is 14.3. The molecule has 0 bridgehead atoms. The van der Waals surface area contributed by atoms with E-state index in [9.17, 15) is 4.39 Å². The van der Waals surface area contributed by atoms with E-state index in [0.717, 1.165) is 29.9 Å². The number of aromatic nitrogens is 4. The van der Waals surface area contributed by atoms with E-state index in [1.807, 2.05) is 46.7 Å². The number of halogens is 2. The number of nitrogens with zero attached hydrogens (tertiary/aromatic N) is 5. The van der Waals surface area contributed by atoms with Crippen molar-refractivity contribution in [3.8, 4) is 0 Å². The Morgan fingerprint density at radius 3 is 2.62 bits per heavy atom. The van der Waals surface area contributed by atoms with E-state index >= 15 is 0 Å². The van der Waals surface area contributed by atoms with Crippen molar-refractivity contribution in [2.24, 2.45) is 0 Å². The Labute approximate surface area is 157 Å². The SMILES string of the molecule is CN(c1ccccc1)c1nc2nnc(C3CC3)n2c2ccc(F)c(Br)c12. The molecule has 0 radical (unpaired) electrons. The van der Waals surface area contributed by atoms with Crippen LogP contribution in [0.15, 0.2) is 46.9 Å². The molecule has 2 aromatic carbocycles. The van der Waals surface area contributed by atoms with E-state index in [2.05, 4.69) is 26.1 Å². The lowest BCUT2D eigenvalue weighted by Gasteiger charge is -2.21. The smallest absolute Gasteiger partial charge is 0.257 e. The van der Waals surface area contributed by atoms with E-state index in [0.29, 0.717) is 27.4 Å². The molecule has 1 fully saturated rings. The molecule has 130 valence electrons. The first-order valence-corrected chi connectivity index (χ1v) is 9.26. The third-order valence-electron chi connectivity index (χ3n) is 4.82. The molecule has 2 aromatic heterocycles. The quantitative estimate of drug-likeness (QED) is 0.484. The highest BCUT2D eigenvalue weighted by Crippen LogP contribution is 2.42. The molecule has 0 aliphatic heterocycles. The minimum atomic E-state index is -0.317. The molecule has 1 aliphatic rings. The molecule has 1 saturated carbocycles. The van der Waals surface area contributed by atoms with Gasteiger partial charge in [-0.1, -0.05) is 18.2 Å². The minimum absolute atomic E-state index is 0.317. The largest absolute Gasteiger partial charge is 0.329 e. The summed E-state index contributed by atoms with van der Waals surface area (Å²) in [6.07, 6.45) is 2.21. The Morgan fingerprint density at radius 1 is 1.12 bits per heavy atom. The van der Waals surface area contributed by atoms with Crippen molar-refractivity contribution in [3.05, 3.63) is 58.6 Å². The maximum atomic E-state index is 14.4. The zero-order chi connectivity index (χ0) is 17.8. The van der Waals surface area contributed by atoms with Crippen molar-refractivity contribution >= 4 is 44.1 Å². The Balaban J connectivity index is 1.86. The van der Waals surface area contributed by atoms with Gasteiger partial charge in [-0.05, 0) is 53.0 Å². The fraction of sp³-hybridized carbons (Fsp3) is 0.211. The van der Waals surface area contributed by atoms with Gasteiger partial charge in [-0.3, -0.25) is 4.40 Å². The number of rotatable bonds is 3. The number of hydrogen-bond donors (Lipinski definition) is 0. The van der Waals surface area contributed by atoms with E-state index in [1.165, 1.54) is 6.07 Å². The summed E-state index contributed by atoms with van der Waals surface area (Å²) in [6.45, 7) is 0. The molecule has 0 saturated heterocycles. The third-order valence-corrected chi connectivity index (χ3v) is 5.59. The fourth-order valence-corrected chi connectivity index (χ4v) is 3.82. The summed E-state index contributed by atoms with van der Waals surface area (Å²) in [6, 6.07) is 13.1. The van der Waals surface area contributed by atoms with Gasteiger partial charge >= 0.3 is 0 Å². The first-order valence-electron chi connectivity index (χ1n) is 8.46. The zero-order valence-corrected chi connectivity index (χ0v) is 15.6. The van der Waals surface area contributed by atoms with Crippen molar-refractivity contribution in [2.45, 2.75) is 18.8 Å². The molecule has 2 heterocycles. The highest BCUT2D eigenvalue weighted by atomic mass is 79.9. The van der Waals surface area contributed by atoms with E-state index in [1.54, 1.807) is 6.07 Å². The highest BCUT2D eigenvalue weighted by Gasteiger charge is 2.30. The predicted molar refractivity (Wildman–Crippen MR) is 102 cm³/mol. The first-order chi connectivity index (χ1) is 12.6. The van der Waals surface area contributed by atoms with Crippen LogP contribution in [0.2, 0.25) is 0 Å². The molecule has 0 unspecified atom stereocenters. The maximum Gasteiger partial charge on any atom is 0.257 e. The third kappa shape index (κ3) is 2.30. The number of benzene rings is 2. The number of fused-ring (bicyclic) bond motifs is 3. The summed E-state index contributed by atoms with van der Waals surface area (Å²) in [7, 11) is 1.92. The standard InChI is InChI=1S/C19H15BrFN5/c1-25(12-5-3-2-4-6-12)18-15-14(10-9-13(21)16(15)20)26-17(11-7-8-11)23-24-19(26)22-18/h2-6,9-11H,7-8H2,1H3. The van der Waals surface area contributed by atoms with Gasteiger partial charge in [0.2, 0.25) is 0 Å². The first kappa shape index (κ1) is 15.7. The summed E-state index contributed by atoms with van der Waals surface area (Å²) < 4.78 is 16.7. The molecule has 5 rings (SSSR count). The molecule has 26 heavy (non-hydrogen) atoms. The van der Waals surface area contributed by atoms with Crippen molar-refractivity contribution in [3.63, 3.8) is 0 Å². The van der Waals surface area contributed by atoms with Crippen LogP contribution in [-0.2, 0) is 0 Å². The van der Waals surface area contributed by atoms with Crippen LogP contribution in [0.4, 0.5) is 15.9 Å². The van der Waals surface area contributed by atoms with Crippen LogP contribution in [0.25, 0.3) is 16.7 Å². The minimum Gasteiger partial charge on any atom is -0.329 e. The molecule has 1 aliphatic carbocycles. The predicted octanol–water partition coefficient (Wildman–Crippen LogP) is 4.82. The Bertz CT molecular complexity index is 1140. The molecular formula is C19H15BrFN5. The van der Waals surface area contributed by atoms with Gasteiger partial charge in [-0.2, -0.15) is 4.98 Å². The van der Waals surface area contributed by atoms with Gasteiger partial charge in [0.05, 0.1) is 15.4 Å². The Morgan fingerprint density at radius 2 is 1.88 bits per heavy atom. The average molecular weight is 412 g/mol. The number of anilines is 2. The number of hydrogen-bond acceptors (Lipinski definition) is 4. The second kappa shape index (κ2) is 5.74. The average Bonchev–Trinajstić information content (AvgIpc) is 3.43. The Kier molecular flexibility index (Phi) is 3.46. The van der Waals surface area contributed by atoms with Gasteiger partial charge in [-0.25, -0.2) is 4.39 Å². The van der Waals surface area contributed by atoms with Crippen molar-refractivity contribution in [1.82, 2.24) is 19.6 Å². The highest BCUT2D eigenvalue weighted by molar-refractivity contribution is 9.10. The van der Waals surface area contributed by atoms with Crippen LogP contribution in [0.5, 0.6) is 0 Å². The van der Waals surface area contributed by atoms with Crippen LogP contribution in [0.1, 0.15) is 24.6 Å². The number of para-hydroxylation sites is 1. The Hall–Kier alpha value is -2.54.